The van der Waals surface area contributed by atoms with E-state index in [0.717, 1.165) is 4.57 Å². The zero-order valence-electron chi connectivity index (χ0n) is 25.2. The minimum Gasteiger partial charge on any atom is -0.496 e. The van der Waals surface area contributed by atoms with Crippen molar-refractivity contribution >= 4 is 27.5 Å². The van der Waals surface area contributed by atoms with E-state index in [9.17, 15) is 18.8 Å². The minimum absolute atomic E-state index is 0.114. The number of methoxy groups -OCH3 is 1. The van der Waals surface area contributed by atoms with Crippen molar-refractivity contribution in [2.24, 2.45) is 0 Å². The maximum atomic E-state index is 14.1. The molecule has 0 radical (unpaired) electrons. The molecule has 0 bridgehead atoms. The molecule has 3 aromatic heterocycles. The van der Waals surface area contributed by atoms with Gasteiger partial charge in [0.2, 0.25) is 5.91 Å². The zero-order chi connectivity index (χ0) is 31.5. The number of aliphatic hydroxyl groups excluding tert-OH is 1. The Hall–Kier alpha value is -3.88. The normalized spacial score (nSPS) is 13.7. The number of rotatable bonds is 7. The SMILES string of the molecule is CC(C)O.COc1ccc(F)cc1CCn1c(=O)n(C(C)(C)C(=O)N2CCOCC2)c(=O)c2c(C)c(-n3nccn3)sc21. The van der Waals surface area contributed by atoms with Gasteiger partial charge in [-0.3, -0.25) is 14.2 Å². The molecule has 0 saturated carbocycles. The van der Waals surface area contributed by atoms with Gasteiger partial charge in [0.1, 0.15) is 26.9 Å². The Morgan fingerprint density at radius 3 is 2.42 bits per heavy atom. The molecular weight excluding hydrogens is 579 g/mol. The fourth-order valence-electron chi connectivity index (χ4n) is 4.96. The minimum atomic E-state index is -1.48. The molecule has 0 unspecified atom stereocenters. The van der Waals surface area contributed by atoms with Crippen molar-refractivity contribution in [3.05, 3.63) is 68.4 Å². The molecule has 43 heavy (non-hydrogen) atoms. The van der Waals surface area contributed by atoms with E-state index in [0.29, 0.717) is 58.4 Å². The Morgan fingerprint density at radius 2 is 1.81 bits per heavy atom. The van der Waals surface area contributed by atoms with E-state index in [1.165, 1.54) is 58.4 Å². The number of benzene rings is 1. The molecule has 1 saturated heterocycles. The number of nitrogens with zero attached hydrogens (tertiary/aromatic N) is 6. The van der Waals surface area contributed by atoms with Crippen molar-refractivity contribution in [2.75, 3.05) is 33.4 Å². The van der Waals surface area contributed by atoms with Gasteiger partial charge in [0.25, 0.3) is 5.56 Å². The number of aromatic nitrogens is 5. The Kier molecular flexibility index (Phi) is 9.82. The van der Waals surface area contributed by atoms with Crippen LogP contribution in [0.25, 0.3) is 15.2 Å². The predicted molar refractivity (Wildman–Crippen MR) is 161 cm³/mol. The first-order valence-electron chi connectivity index (χ1n) is 13.9. The molecule has 1 N–H and O–H groups in total. The highest BCUT2D eigenvalue weighted by atomic mass is 32.1. The second kappa shape index (κ2) is 13.2. The molecule has 1 aliphatic rings. The fraction of sp³-hybridized carbons (Fsp3) is 0.483. The number of morpholine rings is 1. The number of carbonyl (C=O) groups is 1. The van der Waals surface area contributed by atoms with Gasteiger partial charge in [0, 0.05) is 31.3 Å². The monoisotopic (exact) mass is 616 g/mol. The van der Waals surface area contributed by atoms with Crippen LogP contribution in [0.5, 0.6) is 5.75 Å². The van der Waals surface area contributed by atoms with Crippen molar-refractivity contribution in [3.63, 3.8) is 0 Å². The number of ether oxygens (including phenoxy) is 2. The van der Waals surface area contributed by atoms with Gasteiger partial charge in [0.15, 0.2) is 0 Å². The number of thiophene rings is 1. The molecule has 0 spiro atoms. The Balaban J connectivity index is 0.000000996. The van der Waals surface area contributed by atoms with E-state index in [4.69, 9.17) is 14.6 Å². The van der Waals surface area contributed by atoms with E-state index in [2.05, 4.69) is 10.2 Å². The van der Waals surface area contributed by atoms with Crippen LogP contribution < -0.4 is 16.0 Å². The highest BCUT2D eigenvalue weighted by Crippen LogP contribution is 2.31. The van der Waals surface area contributed by atoms with Crippen molar-refractivity contribution in [1.82, 2.24) is 29.0 Å². The zero-order valence-corrected chi connectivity index (χ0v) is 26.0. The molecule has 1 aliphatic heterocycles. The summed E-state index contributed by atoms with van der Waals surface area (Å²) in [5.74, 6) is -0.283. The molecule has 1 amide bonds. The first-order chi connectivity index (χ1) is 20.4. The van der Waals surface area contributed by atoms with Crippen molar-refractivity contribution in [2.45, 2.75) is 59.2 Å². The number of aliphatic hydroxyl groups is 1. The van der Waals surface area contributed by atoms with E-state index in [1.807, 2.05) is 0 Å². The van der Waals surface area contributed by atoms with Crippen LogP contribution in [0.15, 0.2) is 40.2 Å². The summed E-state index contributed by atoms with van der Waals surface area (Å²) in [4.78, 5) is 45.2. The van der Waals surface area contributed by atoms with Gasteiger partial charge < -0.3 is 19.5 Å². The lowest BCUT2D eigenvalue weighted by Crippen LogP contribution is -2.58. The topological polar surface area (TPSA) is 134 Å². The molecule has 0 aliphatic carbocycles. The maximum absolute atomic E-state index is 14.1. The number of carbonyl (C=O) groups excluding carboxylic acids is 1. The summed E-state index contributed by atoms with van der Waals surface area (Å²) in [6.45, 7) is 10.0. The number of halogens is 1. The summed E-state index contributed by atoms with van der Waals surface area (Å²) in [7, 11) is 1.49. The van der Waals surface area contributed by atoms with Crippen LogP contribution in [-0.2, 0) is 28.0 Å². The largest absolute Gasteiger partial charge is 0.496 e. The summed E-state index contributed by atoms with van der Waals surface area (Å²) < 4.78 is 27.3. The van der Waals surface area contributed by atoms with Crippen LogP contribution in [0.3, 0.4) is 0 Å². The average molecular weight is 617 g/mol. The average Bonchev–Trinajstić information content (AvgIpc) is 3.61. The number of fused-ring (bicyclic) bond motifs is 1. The van der Waals surface area contributed by atoms with Gasteiger partial charge in [-0.2, -0.15) is 10.2 Å². The van der Waals surface area contributed by atoms with Crippen LogP contribution in [0, 0.1) is 12.7 Å². The van der Waals surface area contributed by atoms with Gasteiger partial charge in [-0.05, 0) is 64.8 Å². The third-order valence-corrected chi connectivity index (χ3v) is 8.30. The summed E-state index contributed by atoms with van der Waals surface area (Å²) in [5, 5.41) is 17.3. The van der Waals surface area contributed by atoms with Crippen molar-refractivity contribution in [1.29, 1.82) is 0 Å². The summed E-state index contributed by atoms with van der Waals surface area (Å²) in [6.07, 6.45) is 3.13. The molecular formula is C29H37FN6O6S. The van der Waals surface area contributed by atoms with Crippen LogP contribution >= 0.6 is 11.3 Å². The standard InChI is InChI=1S/C26H29FN6O5S.C3H8O/c1-16-20-21(34)32(26(2,3)24(35)30-11-13-38-14-12-30)25(36)31(23(20)39-22(16)33-28-8-9-29-33)10-7-17-15-18(27)5-6-19(17)37-4;1-3(2)4/h5-6,8-9,15H,7,10-14H2,1-4H3;3-4H,1-2H3. The molecule has 232 valence electrons. The quantitative estimate of drug-likeness (QED) is 0.335. The Morgan fingerprint density at radius 1 is 1.19 bits per heavy atom. The van der Waals surface area contributed by atoms with E-state index in [1.54, 1.807) is 39.5 Å². The van der Waals surface area contributed by atoms with E-state index >= 15 is 0 Å². The lowest BCUT2D eigenvalue weighted by Gasteiger charge is -2.35. The Bertz CT molecular complexity index is 1700. The molecule has 14 heteroatoms. The third kappa shape index (κ3) is 6.55. The van der Waals surface area contributed by atoms with E-state index < -0.39 is 22.6 Å². The molecule has 0 atom stereocenters. The number of hydrogen-bond donors (Lipinski definition) is 1. The highest BCUT2D eigenvalue weighted by Gasteiger charge is 2.38. The van der Waals surface area contributed by atoms with Crippen LogP contribution in [0.4, 0.5) is 4.39 Å². The first-order valence-corrected chi connectivity index (χ1v) is 14.7. The van der Waals surface area contributed by atoms with Crippen LogP contribution in [0.1, 0.15) is 38.8 Å². The molecule has 12 nitrogen and oxygen atoms in total. The number of aryl methyl sites for hydroxylation is 3. The molecule has 1 aromatic carbocycles. The lowest BCUT2D eigenvalue weighted by atomic mass is 10.0. The van der Waals surface area contributed by atoms with Crippen molar-refractivity contribution < 1.29 is 23.8 Å². The smallest absolute Gasteiger partial charge is 0.333 e. The fourth-order valence-corrected chi connectivity index (χ4v) is 6.20. The molecule has 4 heterocycles. The lowest BCUT2D eigenvalue weighted by molar-refractivity contribution is -0.143. The van der Waals surface area contributed by atoms with Gasteiger partial charge in [-0.1, -0.05) is 11.3 Å². The van der Waals surface area contributed by atoms with Gasteiger partial charge in [0.05, 0.1) is 38.1 Å². The predicted octanol–water partition coefficient (Wildman–Crippen LogP) is 2.49. The Labute approximate surface area is 251 Å². The molecule has 4 aromatic rings. The van der Waals surface area contributed by atoms with Crippen LogP contribution in [-0.4, -0.2) is 79.6 Å². The molecule has 1 fully saturated rings. The van der Waals surface area contributed by atoms with Gasteiger partial charge in [-0.25, -0.2) is 13.8 Å². The van der Waals surface area contributed by atoms with Gasteiger partial charge >= 0.3 is 5.69 Å². The first kappa shape index (κ1) is 32.0. The second-order valence-corrected chi connectivity index (χ2v) is 11.8. The summed E-state index contributed by atoms with van der Waals surface area (Å²) in [5.41, 5.74) is -1.50. The van der Waals surface area contributed by atoms with Crippen LogP contribution in [0.2, 0.25) is 0 Å². The summed E-state index contributed by atoms with van der Waals surface area (Å²) in [6, 6.07) is 4.20. The molecule has 5 rings (SSSR count). The van der Waals surface area contributed by atoms with Crippen molar-refractivity contribution in [3.8, 4) is 10.8 Å². The second-order valence-electron chi connectivity index (χ2n) is 10.9. The summed E-state index contributed by atoms with van der Waals surface area (Å²) >= 11 is 1.21. The van der Waals surface area contributed by atoms with E-state index in [-0.39, 0.29) is 25.0 Å². The van der Waals surface area contributed by atoms with Gasteiger partial charge in [-0.15, -0.1) is 4.80 Å². The highest BCUT2D eigenvalue weighted by molar-refractivity contribution is 7.21. The number of hydrogen-bond acceptors (Lipinski definition) is 9. The number of amides is 1. The maximum Gasteiger partial charge on any atom is 0.333 e. The third-order valence-electron chi connectivity index (χ3n) is 7.02.